The molecule has 1 aromatic rings. The van der Waals surface area contributed by atoms with Gasteiger partial charge in [-0.05, 0) is 52.5 Å². The lowest BCUT2D eigenvalue weighted by atomic mass is 9.81. The molecule has 2 N–H and O–H groups in total. The van der Waals surface area contributed by atoms with Crippen molar-refractivity contribution in [1.29, 1.82) is 0 Å². The highest BCUT2D eigenvalue weighted by Crippen LogP contribution is 2.45. The Bertz CT molecular complexity index is 672. The molecule has 2 heterocycles. The maximum Gasteiger partial charge on any atom is 0.341 e. The number of hydrogen-bond donors (Lipinski definition) is 2. The number of fused-ring (bicyclic) bond motifs is 1. The lowest BCUT2D eigenvalue weighted by Crippen LogP contribution is -2.55. The molecule has 126 valence electrons. The van der Waals surface area contributed by atoms with Gasteiger partial charge in [0.15, 0.2) is 0 Å². The Kier molecular flexibility index (Phi) is 3.80. The summed E-state index contributed by atoms with van der Waals surface area (Å²) in [6.45, 7) is 8.46. The smallest absolute Gasteiger partial charge is 0.341 e. The number of methoxy groups -OCH3 is 1. The van der Waals surface area contributed by atoms with Crippen LogP contribution in [0.25, 0.3) is 0 Å². The number of carbonyl (C=O) groups is 2. The predicted octanol–water partition coefficient (Wildman–Crippen LogP) is 3.04. The standard InChI is InChI=1S/C17H24N2O3S/c1-16(2)8-10-11(15(21)22-5)14(18-13(20)9-6-7-9)23-12(10)17(3,4)19-16/h9,19H,6-8H2,1-5H3,(H,18,20). The Morgan fingerprint density at radius 2 is 1.91 bits per heavy atom. The van der Waals surface area contributed by atoms with Gasteiger partial charge in [0.25, 0.3) is 0 Å². The molecular weight excluding hydrogens is 312 g/mol. The minimum Gasteiger partial charge on any atom is -0.465 e. The van der Waals surface area contributed by atoms with Crippen LogP contribution < -0.4 is 10.6 Å². The van der Waals surface area contributed by atoms with Gasteiger partial charge in [-0.15, -0.1) is 11.3 Å². The van der Waals surface area contributed by atoms with E-state index in [0.717, 1.165) is 29.7 Å². The number of ether oxygens (including phenoxy) is 1. The van der Waals surface area contributed by atoms with E-state index in [-0.39, 0.29) is 28.9 Å². The normalized spacial score (nSPS) is 21.4. The summed E-state index contributed by atoms with van der Waals surface area (Å²) in [7, 11) is 1.39. The van der Waals surface area contributed by atoms with Gasteiger partial charge in [-0.1, -0.05) is 0 Å². The Labute approximate surface area is 140 Å². The molecule has 1 saturated carbocycles. The zero-order valence-corrected chi connectivity index (χ0v) is 15.1. The third-order valence-corrected chi connectivity index (χ3v) is 5.89. The number of amides is 1. The third kappa shape index (κ3) is 3.02. The summed E-state index contributed by atoms with van der Waals surface area (Å²) in [5.74, 6) is -0.261. The first-order valence-corrected chi connectivity index (χ1v) is 8.81. The molecule has 0 radical (unpaired) electrons. The summed E-state index contributed by atoms with van der Waals surface area (Å²) in [5.41, 5.74) is 1.15. The zero-order valence-electron chi connectivity index (χ0n) is 14.3. The molecule has 0 atom stereocenters. The molecule has 6 heteroatoms. The number of nitrogens with one attached hydrogen (secondary N) is 2. The number of esters is 1. The van der Waals surface area contributed by atoms with Gasteiger partial charge in [-0.2, -0.15) is 0 Å². The van der Waals surface area contributed by atoms with Crippen molar-refractivity contribution in [2.75, 3.05) is 12.4 Å². The van der Waals surface area contributed by atoms with Crippen LogP contribution in [0.2, 0.25) is 0 Å². The van der Waals surface area contributed by atoms with E-state index in [2.05, 4.69) is 38.3 Å². The summed E-state index contributed by atoms with van der Waals surface area (Å²) in [6, 6.07) is 0. The SMILES string of the molecule is COC(=O)c1c(NC(=O)C2CC2)sc2c1CC(C)(C)NC2(C)C. The van der Waals surface area contributed by atoms with Crippen LogP contribution >= 0.6 is 11.3 Å². The van der Waals surface area contributed by atoms with Crippen molar-refractivity contribution in [3.8, 4) is 0 Å². The van der Waals surface area contributed by atoms with Crippen molar-refractivity contribution in [2.24, 2.45) is 5.92 Å². The average Bonchev–Trinajstić information content (AvgIpc) is 3.20. The molecule has 0 spiro atoms. The fraction of sp³-hybridized carbons (Fsp3) is 0.647. The zero-order chi connectivity index (χ0) is 17.0. The minimum absolute atomic E-state index is 0.0128. The van der Waals surface area contributed by atoms with Crippen LogP contribution in [0.1, 0.15) is 61.3 Å². The van der Waals surface area contributed by atoms with Gasteiger partial charge >= 0.3 is 5.97 Å². The summed E-state index contributed by atoms with van der Waals surface area (Å²) in [6.07, 6.45) is 2.60. The van der Waals surface area contributed by atoms with Crippen molar-refractivity contribution >= 4 is 28.2 Å². The Hall–Kier alpha value is -1.40. The van der Waals surface area contributed by atoms with Crippen LogP contribution in [0.3, 0.4) is 0 Å². The number of thiophene rings is 1. The monoisotopic (exact) mass is 336 g/mol. The number of anilines is 1. The molecule has 3 rings (SSSR count). The second kappa shape index (κ2) is 5.31. The molecule has 1 aromatic heterocycles. The minimum atomic E-state index is -0.373. The van der Waals surface area contributed by atoms with Crippen molar-refractivity contribution in [3.05, 3.63) is 16.0 Å². The van der Waals surface area contributed by atoms with Crippen LogP contribution in [0.4, 0.5) is 5.00 Å². The van der Waals surface area contributed by atoms with Crippen LogP contribution in [-0.4, -0.2) is 24.5 Å². The number of carbonyl (C=O) groups excluding carboxylic acids is 2. The average molecular weight is 336 g/mol. The first kappa shape index (κ1) is 16.5. The van der Waals surface area contributed by atoms with Gasteiger partial charge in [-0.25, -0.2) is 4.79 Å². The molecule has 0 unspecified atom stereocenters. The highest BCUT2D eigenvalue weighted by Gasteiger charge is 2.42. The van der Waals surface area contributed by atoms with Gasteiger partial charge in [-0.3, -0.25) is 4.79 Å². The van der Waals surface area contributed by atoms with E-state index in [0.29, 0.717) is 10.6 Å². The Balaban J connectivity index is 2.08. The van der Waals surface area contributed by atoms with Gasteiger partial charge < -0.3 is 15.4 Å². The van der Waals surface area contributed by atoms with E-state index < -0.39 is 0 Å². The lowest BCUT2D eigenvalue weighted by molar-refractivity contribution is -0.117. The molecule has 0 aromatic carbocycles. The molecule has 2 aliphatic rings. The van der Waals surface area contributed by atoms with E-state index in [4.69, 9.17) is 4.74 Å². The summed E-state index contributed by atoms with van der Waals surface area (Å²) < 4.78 is 4.99. The van der Waals surface area contributed by atoms with Crippen molar-refractivity contribution in [3.63, 3.8) is 0 Å². The molecular formula is C17H24N2O3S. The van der Waals surface area contributed by atoms with Crippen LogP contribution in [-0.2, 0) is 21.5 Å². The van der Waals surface area contributed by atoms with E-state index in [1.54, 1.807) is 0 Å². The fourth-order valence-corrected chi connectivity index (χ4v) is 4.76. The van der Waals surface area contributed by atoms with Crippen LogP contribution in [0.5, 0.6) is 0 Å². The van der Waals surface area contributed by atoms with Gasteiger partial charge in [0.2, 0.25) is 5.91 Å². The summed E-state index contributed by atoms with van der Waals surface area (Å²) in [5, 5.41) is 7.21. The predicted molar refractivity (Wildman–Crippen MR) is 91.0 cm³/mol. The molecule has 1 fully saturated rings. The van der Waals surface area contributed by atoms with E-state index in [1.807, 2.05) is 0 Å². The van der Waals surface area contributed by atoms with E-state index >= 15 is 0 Å². The second-order valence-corrected chi connectivity index (χ2v) is 8.70. The Morgan fingerprint density at radius 3 is 2.48 bits per heavy atom. The third-order valence-electron chi connectivity index (χ3n) is 4.42. The fourth-order valence-electron chi connectivity index (χ4n) is 3.49. The van der Waals surface area contributed by atoms with Crippen molar-refractivity contribution in [2.45, 2.75) is 58.0 Å². The highest BCUT2D eigenvalue weighted by molar-refractivity contribution is 7.17. The first-order chi connectivity index (χ1) is 10.6. The molecule has 23 heavy (non-hydrogen) atoms. The summed E-state index contributed by atoms with van der Waals surface area (Å²) >= 11 is 1.49. The molecule has 1 aliphatic carbocycles. The van der Waals surface area contributed by atoms with Crippen molar-refractivity contribution < 1.29 is 14.3 Å². The maximum atomic E-state index is 12.4. The molecule has 1 aliphatic heterocycles. The lowest BCUT2D eigenvalue weighted by Gasteiger charge is -2.42. The maximum absolute atomic E-state index is 12.4. The largest absolute Gasteiger partial charge is 0.465 e. The van der Waals surface area contributed by atoms with Gasteiger partial charge in [0.1, 0.15) is 5.00 Å². The molecule has 0 bridgehead atoms. The first-order valence-electron chi connectivity index (χ1n) is 7.99. The van der Waals surface area contributed by atoms with E-state index in [1.165, 1.54) is 18.4 Å². The van der Waals surface area contributed by atoms with Gasteiger partial charge in [0, 0.05) is 21.9 Å². The second-order valence-electron chi connectivity index (χ2n) is 7.68. The van der Waals surface area contributed by atoms with Gasteiger partial charge in [0.05, 0.1) is 12.7 Å². The van der Waals surface area contributed by atoms with E-state index in [9.17, 15) is 9.59 Å². The molecule has 1 amide bonds. The number of rotatable bonds is 3. The highest BCUT2D eigenvalue weighted by atomic mass is 32.1. The number of hydrogen-bond acceptors (Lipinski definition) is 5. The summed E-state index contributed by atoms with van der Waals surface area (Å²) in [4.78, 5) is 25.6. The Morgan fingerprint density at radius 1 is 1.26 bits per heavy atom. The quantitative estimate of drug-likeness (QED) is 0.833. The van der Waals surface area contributed by atoms with Crippen LogP contribution in [0.15, 0.2) is 0 Å². The van der Waals surface area contributed by atoms with Crippen LogP contribution in [0, 0.1) is 5.92 Å². The molecule has 0 saturated heterocycles. The van der Waals surface area contributed by atoms with Crippen molar-refractivity contribution in [1.82, 2.24) is 5.32 Å². The molecule has 5 nitrogen and oxygen atoms in total. The topological polar surface area (TPSA) is 67.4 Å².